The molecule has 0 amide bonds. The van der Waals surface area contributed by atoms with E-state index < -0.39 is 0 Å². The van der Waals surface area contributed by atoms with Gasteiger partial charge < -0.3 is 14.6 Å². The van der Waals surface area contributed by atoms with Gasteiger partial charge in [0.2, 0.25) is 0 Å². The summed E-state index contributed by atoms with van der Waals surface area (Å²) in [5.41, 5.74) is 2.54. The van der Waals surface area contributed by atoms with Crippen LogP contribution in [0.1, 0.15) is 33.3 Å². The second kappa shape index (κ2) is 6.79. The molecular weight excluding hydrogens is 313 g/mol. The van der Waals surface area contributed by atoms with Crippen LogP contribution in [0.2, 0.25) is 0 Å². The van der Waals surface area contributed by atoms with E-state index in [1.807, 2.05) is 24.0 Å². The molecule has 1 saturated heterocycles. The summed E-state index contributed by atoms with van der Waals surface area (Å²) in [5.74, 6) is 0. The minimum Gasteiger partial charge on any atom is -0.400 e. The Hall–Kier alpha value is -1.89. The fraction of sp³-hybridized carbons (Fsp3) is 0.421. The summed E-state index contributed by atoms with van der Waals surface area (Å²) in [6.07, 6.45) is 5.84. The van der Waals surface area contributed by atoms with Crippen LogP contribution in [-0.2, 0) is 9.31 Å². The third-order valence-corrected chi connectivity index (χ3v) is 4.95. The second-order valence-electron chi connectivity index (χ2n) is 7.38. The highest BCUT2D eigenvalue weighted by molar-refractivity contribution is 6.55. The molecule has 25 heavy (non-hydrogen) atoms. The standard InChI is InChI=1S/C19H26BN3O2/c1-18(2)19(3,4)25-20(24-18)16(14-21-5)13-15-7-9-17(10-8-15)23-12-6-11-22-23/h6-13,21H,14H2,1-5H3. The number of likely N-dealkylation sites (N-methyl/N-ethyl adjacent to an activating group) is 1. The molecule has 0 bridgehead atoms. The van der Waals surface area contributed by atoms with Crippen molar-refractivity contribution in [3.63, 3.8) is 0 Å². The van der Waals surface area contributed by atoms with Gasteiger partial charge in [-0.05, 0) is 64.0 Å². The monoisotopic (exact) mass is 339 g/mol. The zero-order valence-corrected chi connectivity index (χ0v) is 15.6. The molecule has 2 heterocycles. The number of rotatable bonds is 5. The van der Waals surface area contributed by atoms with Crippen LogP contribution in [0.3, 0.4) is 0 Å². The predicted molar refractivity (Wildman–Crippen MR) is 102 cm³/mol. The highest BCUT2D eigenvalue weighted by Gasteiger charge is 2.52. The van der Waals surface area contributed by atoms with E-state index in [1.165, 1.54) is 0 Å². The van der Waals surface area contributed by atoms with Crippen LogP contribution in [0.5, 0.6) is 0 Å². The highest BCUT2D eigenvalue weighted by atomic mass is 16.7. The van der Waals surface area contributed by atoms with Gasteiger partial charge in [-0.3, -0.25) is 0 Å². The molecule has 1 fully saturated rings. The zero-order chi connectivity index (χ0) is 18.1. The summed E-state index contributed by atoms with van der Waals surface area (Å²) in [6, 6.07) is 10.2. The highest BCUT2D eigenvalue weighted by Crippen LogP contribution is 2.38. The van der Waals surface area contributed by atoms with Crippen LogP contribution >= 0.6 is 0 Å². The van der Waals surface area contributed by atoms with E-state index in [2.05, 4.69) is 68.5 Å². The third-order valence-electron chi connectivity index (χ3n) is 4.95. The number of nitrogens with one attached hydrogen (secondary N) is 1. The molecule has 5 nitrogen and oxygen atoms in total. The Bertz CT molecular complexity index is 721. The minimum atomic E-state index is -0.344. The van der Waals surface area contributed by atoms with Crippen LogP contribution in [0.15, 0.2) is 48.2 Å². The molecule has 1 aliphatic rings. The van der Waals surface area contributed by atoms with Crippen molar-refractivity contribution in [3.05, 3.63) is 53.8 Å². The van der Waals surface area contributed by atoms with Crippen molar-refractivity contribution >= 4 is 13.2 Å². The lowest BCUT2D eigenvalue weighted by Gasteiger charge is -2.32. The van der Waals surface area contributed by atoms with Gasteiger partial charge in [0.1, 0.15) is 0 Å². The van der Waals surface area contributed by atoms with Crippen molar-refractivity contribution in [3.8, 4) is 5.69 Å². The number of aromatic nitrogens is 2. The van der Waals surface area contributed by atoms with E-state index in [0.29, 0.717) is 6.54 Å². The van der Waals surface area contributed by atoms with E-state index in [-0.39, 0.29) is 18.3 Å². The number of hydrogen-bond acceptors (Lipinski definition) is 4. The average molecular weight is 339 g/mol. The van der Waals surface area contributed by atoms with Crippen molar-refractivity contribution in [2.24, 2.45) is 0 Å². The fourth-order valence-corrected chi connectivity index (χ4v) is 2.76. The Morgan fingerprint density at radius 2 is 1.80 bits per heavy atom. The average Bonchev–Trinajstić information content (AvgIpc) is 3.14. The Morgan fingerprint density at radius 3 is 2.32 bits per heavy atom. The molecule has 0 radical (unpaired) electrons. The van der Waals surface area contributed by atoms with E-state index in [4.69, 9.17) is 9.31 Å². The molecule has 1 aromatic heterocycles. The van der Waals surface area contributed by atoms with Crippen molar-refractivity contribution in [1.29, 1.82) is 0 Å². The summed E-state index contributed by atoms with van der Waals surface area (Å²) >= 11 is 0. The van der Waals surface area contributed by atoms with Crippen LogP contribution in [0.25, 0.3) is 11.8 Å². The molecule has 1 N–H and O–H groups in total. The number of hydrogen-bond donors (Lipinski definition) is 1. The lowest BCUT2D eigenvalue weighted by atomic mass is 9.77. The third kappa shape index (κ3) is 3.71. The first-order chi connectivity index (χ1) is 11.8. The van der Waals surface area contributed by atoms with Gasteiger partial charge in [0.15, 0.2) is 0 Å². The smallest absolute Gasteiger partial charge is 0.400 e. The Morgan fingerprint density at radius 1 is 1.16 bits per heavy atom. The van der Waals surface area contributed by atoms with Gasteiger partial charge in [-0.15, -0.1) is 0 Å². The topological polar surface area (TPSA) is 48.3 Å². The molecule has 0 atom stereocenters. The first kappa shape index (κ1) is 17.9. The van der Waals surface area contributed by atoms with Gasteiger partial charge in [0, 0.05) is 18.9 Å². The van der Waals surface area contributed by atoms with Crippen molar-refractivity contribution < 1.29 is 9.31 Å². The first-order valence-electron chi connectivity index (χ1n) is 8.63. The molecule has 0 aliphatic carbocycles. The SMILES string of the molecule is CNCC(=Cc1ccc(-n2cccn2)cc1)B1OC(C)(C)C(C)(C)O1. The molecule has 0 saturated carbocycles. The maximum atomic E-state index is 6.19. The number of nitrogens with zero attached hydrogens (tertiary/aromatic N) is 2. The first-order valence-corrected chi connectivity index (χ1v) is 8.63. The molecule has 3 rings (SSSR count). The van der Waals surface area contributed by atoms with Crippen molar-refractivity contribution in [2.45, 2.75) is 38.9 Å². The van der Waals surface area contributed by atoms with Crippen LogP contribution in [-0.4, -0.2) is 41.7 Å². The van der Waals surface area contributed by atoms with Gasteiger partial charge in [-0.1, -0.05) is 18.2 Å². The molecule has 6 heteroatoms. The quantitative estimate of drug-likeness (QED) is 0.851. The minimum absolute atomic E-state index is 0.339. The van der Waals surface area contributed by atoms with Gasteiger partial charge in [0.05, 0.1) is 16.9 Å². The molecule has 1 aromatic carbocycles. The molecule has 132 valence electrons. The molecule has 1 aliphatic heterocycles. The van der Waals surface area contributed by atoms with Gasteiger partial charge in [0.25, 0.3) is 0 Å². The normalized spacial score (nSPS) is 19.4. The van der Waals surface area contributed by atoms with E-state index in [1.54, 1.807) is 6.20 Å². The summed E-state index contributed by atoms with van der Waals surface area (Å²) in [7, 11) is 1.59. The van der Waals surface area contributed by atoms with Crippen LogP contribution in [0.4, 0.5) is 0 Å². The fourth-order valence-electron chi connectivity index (χ4n) is 2.76. The zero-order valence-electron chi connectivity index (χ0n) is 15.6. The van der Waals surface area contributed by atoms with E-state index >= 15 is 0 Å². The summed E-state index contributed by atoms with van der Waals surface area (Å²) < 4.78 is 14.2. The Kier molecular flexibility index (Phi) is 4.87. The van der Waals surface area contributed by atoms with E-state index in [0.717, 1.165) is 16.7 Å². The molecule has 0 spiro atoms. The summed E-state index contributed by atoms with van der Waals surface area (Å²) in [4.78, 5) is 0. The van der Waals surface area contributed by atoms with Crippen LogP contribution < -0.4 is 5.32 Å². The molecular formula is C19H26BN3O2. The number of benzene rings is 1. The second-order valence-corrected chi connectivity index (χ2v) is 7.38. The molecule has 0 unspecified atom stereocenters. The lowest BCUT2D eigenvalue weighted by molar-refractivity contribution is 0.00578. The Labute approximate surface area is 150 Å². The molecule has 2 aromatic rings. The van der Waals surface area contributed by atoms with E-state index in [9.17, 15) is 0 Å². The summed E-state index contributed by atoms with van der Waals surface area (Å²) in [6.45, 7) is 9.00. The van der Waals surface area contributed by atoms with Gasteiger partial charge in [-0.25, -0.2) is 4.68 Å². The maximum Gasteiger partial charge on any atom is 0.491 e. The van der Waals surface area contributed by atoms with Gasteiger partial charge in [-0.2, -0.15) is 5.10 Å². The van der Waals surface area contributed by atoms with Crippen LogP contribution in [0, 0.1) is 0 Å². The van der Waals surface area contributed by atoms with Crippen molar-refractivity contribution in [2.75, 3.05) is 13.6 Å². The predicted octanol–water partition coefficient (Wildman–Crippen LogP) is 3.11. The van der Waals surface area contributed by atoms with Crippen molar-refractivity contribution in [1.82, 2.24) is 15.1 Å². The largest absolute Gasteiger partial charge is 0.491 e. The maximum absolute atomic E-state index is 6.19. The Balaban J connectivity index is 1.83. The van der Waals surface area contributed by atoms with Gasteiger partial charge >= 0.3 is 7.12 Å². The summed E-state index contributed by atoms with van der Waals surface area (Å²) in [5, 5.41) is 7.46. The lowest BCUT2D eigenvalue weighted by Crippen LogP contribution is -2.41.